The summed E-state index contributed by atoms with van der Waals surface area (Å²) in [7, 11) is 0. The third kappa shape index (κ3) is 7.94. The van der Waals surface area contributed by atoms with Crippen LogP contribution in [-0.4, -0.2) is 77.3 Å². The summed E-state index contributed by atoms with van der Waals surface area (Å²) in [4.78, 5) is 37.3. The summed E-state index contributed by atoms with van der Waals surface area (Å²) in [5, 5.41) is 22.0. The van der Waals surface area contributed by atoms with Gasteiger partial charge in [0.2, 0.25) is 0 Å². The molecule has 57 heavy (non-hydrogen) atoms. The average molecular weight is 763 g/mol. The number of nitrogens with zero attached hydrogens (tertiary/aromatic N) is 7. The second kappa shape index (κ2) is 15.2. The van der Waals surface area contributed by atoms with Gasteiger partial charge in [0.25, 0.3) is 0 Å². The van der Waals surface area contributed by atoms with Crippen molar-refractivity contribution in [1.29, 1.82) is 0 Å². The van der Waals surface area contributed by atoms with Gasteiger partial charge in [-0.3, -0.25) is 0 Å². The number of aryl methyl sites for hydroxylation is 1. The number of nitrogens with one attached hydrogen (secondary N) is 5. The molecule has 9 rings (SSSR count). The smallest absolute Gasteiger partial charge is 0.192 e. The number of aliphatic hydroxyl groups is 1. The van der Waals surface area contributed by atoms with Crippen LogP contribution in [0, 0.1) is 12.3 Å². The van der Waals surface area contributed by atoms with Crippen molar-refractivity contribution in [3.8, 4) is 5.88 Å². The SMILES string of the molecule is Cc1c[nH]c2cccc(CNc3cnc4ccc(N5CCC(Oc6cc7ccc(CNc8cnc9ccc(NCC(C)(C)CO)nc9n8)cc7[nH]6)CC5)nc4n3)c12. The zero-order chi connectivity index (χ0) is 38.9. The van der Waals surface area contributed by atoms with Crippen molar-refractivity contribution < 1.29 is 9.84 Å². The summed E-state index contributed by atoms with van der Waals surface area (Å²) in [6.07, 6.45) is 7.39. The highest BCUT2D eigenvalue weighted by Crippen LogP contribution is 2.28. The van der Waals surface area contributed by atoms with Gasteiger partial charge in [-0.15, -0.1) is 0 Å². The molecule has 0 radical (unpaired) electrons. The van der Waals surface area contributed by atoms with Crippen LogP contribution in [0.25, 0.3) is 44.1 Å². The minimum Gasteiger partial charge on any atom is -0.475 e. The number of rotatable bonds is 13. The molecule has 290 valence electrons. The van der Waals surface area contributed by atoms with E-state index >= 15 is 0 Å². The Balaban J connectivity index is 0.790. The van der Waals surface area contributed by atoms with Crippen molar-refractivity contribution in [3.63, 3.8) is 0 Å². The molecule has 0 bridgehead atoms. The van der Waals surface area contributed by atoms with Crippen LogP contribution in [-0.2, 0) is 13.1 Å². The number of benzene rings is 2. The molecule has 14 nitrogen and oxygen atoms in total. The normalized spacial score (nSPS) is 13.9. The number of aliphatic hydroxyl groups excluding tert-OH is 1. The second-order valence-corrected chi connectivity index (χ2v) is 15.6. The van der Waals surface area contributed by atoms with Crippen molar-refractivity contribution in [2.45, 2.75) is 52.8 Å². The van der Waals surface area contributed by atoms with E-state index in [1.807, 2.05) is 44.3 Å². The van der Waals surface area contributed by atoms with E-state index in [1.54, 1.807) is 12.4 Å². The Hall–Kier alpha value is -6.54. The van der Waals surface area contributed by atoms with Crippen molar-refractivity contribution >= 4 is 67.4 Å². The Morgan fingerprint density at radius 2 is 1.54 bits per heavy atom. The van der Waals surface area contributed by atoms with Gasteiger partial charge in [-0.05, 0) is 60.0 Å². The van der Waals surface area contributed by atoms with Crippen LogP contribution in [0.5, 0.6) is 5.88 Å². The number of anilines is 4. The van der Waals surface area contributed by atoms with E-state index in [2.05, 4.69) is 95.2 Å². The van der Waals surface area contributed by atoms with Gasteiger partial charge in [0, 0.05) is 91.7 Å². The first-order valence-electron chi connectivity index (χ1n) is 19.4. The quantitative estimate of drug-likeness (QED) is 0.0690. The highest BCUT2D eigenvalue weighted by atomic mass is 16.5. The fraction of sp³-hybridized carbons (Fsp3) is 0.302. The molecule has 1 aliphatic heterocycles. The number of aromatic nitrogens is 8. The second-order valence-electron chi connectivity index (χ2n) is 15.6. The summed E-state index contributed by atoms with van der Waals surface area (Å²) in [6.45, 7) is 9.67. The number of pyridine rings is 2. The first-order chi connectivity index (χ1) is 27.7. The number of aromatic amines is 2. The molecule has 1 saturated heterocycles. The van der Waals surface area contributed by atoms with Crippen LogP contribution >= 0.6 is 0 Å². The lowest BCUT2D eigenvalue weighted by Crippen LogP contribution is -2.38. The number of piperidine rings is 1. The maximum absolute atomic E-state index is 9.57. The van der Waals surface area contributed by atoms with Crippen LogP contribution < -0.4 is 25.6 Å². The first kappa shape index (κ1) is 36.1. The third-order valence-electron chi connectivity index (χ3n) is 10.6. The number of H-pyrrole nitrogens is 2. The van der Waals surface area contributed by atoms with E-state index in [4.69, 9.17) is 19.7 Å². The van der Waals surface area contributed by atoms with Gasteiger partial charge in [0.05, 0.1) is 12.4 Å². The molecule has 14 heteroatoms. The molecule has 0 saturated carbocycles. The maximum atomic E-state index is 9.57. The van der Waals surface area contributed by atoms with E-state index in [0.29, 0.717) is 53.9 Å². The lowest BCUT2D eigenvalue weighted by molar-refractivity contribution is 0.165. The van der Waals surface area contributed by atoms with E-state index < -0.39 is 0 Å². The van der Waals surface area contributed by atoms with E-state index in [9.17, 15) is 5.11 Å². The Kier molecular flexibility index (Phi) is 9.62. The van der Waals surface area contributed by atoms with Crippen LogP contribution in [0.2, 0.25) is 0 Å². The fourth-order valence-corrected chi connectivity index (χ4v) is 7.29. The molecule has 7 heterocycles. The number of ether oxygens (including phenoxy) is 1. The summed E-state index contributed by atoms with van der Waals surface area (Å²) in [5.41, 5.74) is 8.09. The van der Waals surface area contributed by atoms with Gasteiger partial charge in [-0.1, -0.05) is 38.1 Å². The van der Waals surface area contributed by atoms with E-state index in [0.717, 1.165) is 65.1 Å². The highest BCUT2D eigenvalue weighted by Gasteiger charge is 2.23. The minimum atomic E-state index is -0.255. The Morgan fingerprint density at radius 3 is 2.33 bits per heavy atom. The Labute approximate surface area is 329 Å². The molecule has 0 atom stereocenters. The van der Waals surface area contributed by atoms with Gasteiger partial charge in [0.1, 0.15) is 40.4 Å². The number of hydrogen-bond donors (Lipinski definition) is 6. The van der Waals surface area contributed by atoms with E-state index in [1.165, 1.54) is 16.5 Å². The highest BCUT2D eigenvalue weighted by molar-refractivity contribution is 5.86. The van der Waals surface area contributed by atoms with Crippen molar-refractivity contribution in [2.24, 2.45) is 5.41 Å². The van der Waals surface area contributed by atoms with Crippen molar-refractivity contribution in [1.82, 2.24) is 39.9 Å². The number of hydrogen-bond acceptors (Lipinski definition) is 12. The molecule has 8 aromatic rings. The summed E-state index contributed by atoms with van der Waals surface area (Å²) in [5.74, 6) is 3.72. The first-order valence-corrected chi connectivity index (χ1v) is 19.4. The molecule has 2 aromatic carbocycles. The third-order valence-corrected chi connectivity index (χ3v) is 10.6. The predicted molar refractivity (Wildman–Crippen MR) is 226 cm³/mol. The molecule has 0 amide bonds. The van der Waals surface area contributed by atoms with Crippen LogP contribution in [0.15, 0.2) is 85.3 Å². The molecule has 0 spiro atoms. The Morgan fingerprint density at radius 1 is 0.807 bits per heavy atom. The maximum Gasteiger partial charge on any atom is 0.192 e. The van der Waals surface area contributed by atoms with Gasteiger partial charge in [0.15, 0.2) is 17.2 Å². The van der Waals surface area contributed by atoms with Crippen molar-refractivity contribution in [3.05, 3.63) is 102 Å². The largest absolute Gasteiger partial charge is 0.475 e. The lowest BCUT2D eigenvalue weighted by atomic mass is 9.95. The van der Waals surface area contributed by atoms with Gasteiger partial charge < -0.3 is 40.7 Å². The lowest BCUT2D eigenvalue weighted by Gasteiger charge is -2.32. The monoisotopic (exact) mass is 762 g/mol. The van der Waals surface area contributed by atoms with Gasteiger partial charge in [-0.25, -0.2) is 29.9 Å². The molecule has 6 aromatic heterocycles. The molecule has 1 fully saturated rings. The molecule has 1 aliphatic rings. The molecular formula is C43H46N12O2. The summed E-state index contributed by atoms with van der Waals surface area (Å²) < 4.78 is 6.47. The molecule has 6 N–H and O–H groups in total. The van der Waals surface area contributed by atoms with Crippen LogP contribution in [0.3, 0.4) is 0 Å². The van der Waals surface area contributed by atoms with Crippen LogP contribution in [0.4, 0.5) is 23.3 Å². The van der Waals surface area contributed by atoms with Gasteiger partial charge in [-0.2, -0.15) is 0 Å². The predicted octanol–water partition coefficient (Wildman–Crippen LogP) is 7.34. The molecule has 0 aliphatic carbocycles. The summed E-state index contributed by atoms with van der Waals surface area (Å²) in [6, 6.07) is 22.5. The summed E-state index contributed by atoms with van der Waals surface area (Å²) >= 11 is 0. The zero-order valence-corrected chi connectivity index (χ0v) is 32.3. The van der Waals surface area contributed by atoms with Crippen molar-refractivity contribution in [2.75, 3.05) is 47.1 Å². The van der Waals surface area contributed by atoms with Gasteiger partial charge >= 0.3 is 0 Å². The topological polar surface area (TPSA) is 178 Å². The van der Waals surface area contributed by atoms with E-state index in [-0.39, 0.29) is 18.1 Å². The standard InChI is InChI=1S/C43H46N12O2/c1-26-19-44-31-6-4-5-29(40(26)31)21-48-37-23-46-33-10-12-38(54-42(33)53-37)55-15-13-30(14-16-55)57-39-18-28-8-7-27(17-34(28)50-39)20-47-36-22-45-32-9-11-35(51-41(32)52-36)49-24-43(2,3)25-56/h4-12,17-19,22-23,30,44,50,56H,13-16,20-21,24-25H2,1-3H3,(H,48,53,54)(H2,47,49,51,52). The number of fused-ring (bicyclic) bond motifs is 4. The molecule has 0 unspecified atom stereocenters. The van der Waals surface area contributed by atoms with Crippen LogP contribution in [0.1, 0.15) is 43.4 Å². The average Bonchev–Trinajstić information content (AvgIpc) is 3.83. The minimum absolute atomic E-state index is 0.0839. The fourth-order valence-electron chi connectivity index (χ4n) is 7.29. The zero-order valence-electron chi connectivity index (χ0n) is 32.3. The molecular weight excluding hydrogens is 717 g/mol. The Bertz CT molecular complexity index is 2700.